The van der Waals surface area contributed by atoms with Crippen LogP contribution in [0.2, 0.25) is 0 Å². The van der Waals surface area contributed by atoms with Crippen LogP contribution in [0.15, 0.2) is 60.8 Å². The van der Waals surface area contributed by atoms with E-state index < -0.39 is 6.10 Å². The molecule has 0 aromatic carbocycles. The molecule has 0 saturated heterocycles. The molecule has 0 unspecified atom stereocenters. The first-order chi connectivity index (χ1) is 36.0. The summed E-state index contributed by atoms with van der Waals surface area (Å²) in [5, 5.41) is 0. The predicted octanol–water partition coefficient (Wildman–Crippen LogP) is 21.6. The molecule has 0 N–H and O–H groups in total. The summed E-state index contributed by atoms with van der Waals surface area (Å²) < 4.78 is 16.9. The normalized spacial score (nSPS) is 12.4. The van der Waals surface area contributed by atoms with Crippen molar-refractivity contribution in [3.8, 4) is 0 Å². The Balaban J connectivity index is 4.41. The second-order valence-electron chi connectivity index (χ2n) is 21.3. The highest BCUT2D eigenvalue weighted by Gasteiger charge is 2.19. The summed E-state index contributed by atoms with van der Waals surface area (Å²) in [6.45, 7) is 6.63. The van der Waals surface area contributed by atoms with Gasteiger partial charge in [-0.3, -0.25) is 14.4 Å². The smallest absolute Gasteiger partial charge is 0.306 e. The highest BCUT2D eigenvalue weighted by Crippen LogP contribution is 2.17. The quantitative estimate of drug-likeness (QED) is 0.0261. The lowest BCUT2D eigenvalue weighted by molar-refractivity contribution is -0.167. The number of esters is 3. The van der Waals surface area contributed by atoms with Crippen molar-refractivity contribution in [3.63, 3.8) is 0 Å². The van der Waals surface area contributed by atoms with E-state index in [4.69, 9.17) is 14.2 Å². The van der Waals surface area contributed by atoms with Gasteiger partial charge in [-0.1, -0.05) is 281 Å². The number of unbranched alkanes of at least 4 members (excludes halogenated alkanes) is 37. The fourth-order valence-corrected chi connectivity index (χ4v) is 9.19. The monoisotopic (exact) mass is 1020 g/mol. The van der Waals surface area contributed by atoms with Crippen molar-refractivity contribution in [3.05, 3.63) is 60.8 Å². The average molecular weight is 1020 g/mol. The van der Waals surface area contributed by atoms with Crippen molar-refractivity contribution < 1.29 is 28.6 Å². The van der Waals surface area contributed by atoms with Crippen LogP contribution in [-0.2, 0) is 28.6 Å². The van der Waals surface area contributed by atoms with E-state index in [1.807, 2.05) is 0 Å². The van der Waals surface area contributed by atoms with E-state index >= 15 is 0 Å². The molecule has 1 atom stereocenters. The van der Waals surface area contributed by atoms with Crippen LogP contribution in [0.5, 0.6) is 0 Å². The van der Waals surface area contributed by atoms with Crippen molar-refractivity contribution in [2.24, 2.45) is 0 Å². The highest BCUT2D eigenvalue weighted by atomic mass is 16.6. The van der Waals surface area contributed by atoms with Gasteiger partial charge < -0.3 is 14.2 Å². The Hall–Kier alpha value is -2.89. The largest absolute Gasteiger partial charge is 0.462 e. The number of carbonyl (C=O) groups excluding carboxylic acids is 3. The Labute approximate surface area is 453 Å². The maximum atomic E-state index is 12.9. The zero-order chi connectivity index (χ0) is 52.9. The van der Waals surface area contributed by atoms with Gasteiger partial charge in [0.05, 0.1) is 0 Å². The molecule has 0 aliphatic rings. The average Bonchev–Trinajstić information content (AvgIpc) is 3.39. The Bertz CT molecular complexity index is 1310. The summed E-state index contributed by atoms with van der Waals surface area (Å²) in [6, 6.07) is 0. The van der Waals surface area contributed by atoms with Crippen LogP contribution in [0.4, 0.5) is 0 Å². The van der Waals surface area contributed by atoms with Crippen molar-refractivity contribution >= 4 is 17.9 Å². The van der Waals surface area contributed by atoms with Gasteiger partial charge in [-0.2, -0.15) is 0 Å². The van der Waals surface area contributed by atoms with Gasteiger partial charge in [0.2, 0.25) is 0 Å². The first-order valence-corrected chi connectivity index (χ1v) is 31.8. The van der Waals surface area contributed by atoms with E-state index in [0.29, 0.717) is 19.3 Å². The molecule has 0 aliphatic carbocycles. The molecule has 0 aromatic rings. The number of rotatable bonds is 58. The molecular weight excluding hydrogens is 901 g/mol. The third kappa shape index (κ3) is 59.9. The Morgan fingerprint density at radius 3 is 0.822 bits per heavy atom. The lowest BCUT2D eigenvalue weighted by atomic mass is 10.0. The summed E-state index contributed by atoms with van der Waals surface area (Å²) >= 11 is 0. The standard InChI is InChI=1S/C67H120O6/c1-4-7-10-13-16-19-22-25-28-31-33-36-39-42-45-48-51-54-57-60-66(69)72-63-64(62-71-65(68)59-56-53-50-47-44-41-38-35-30-27-24-21-18-15-12-9-6-3)73-67(70)61-58-55-52-49-46-43-40-37-34-32-29-26-23-20-17-14-11-8-5-2/h16,19,25-26,28-29,33,36,42,45,64H,4-15,17-18,20-24,27,30-32,34-35,37-41,43-44,46-63H2,1-3H3/b19-16-,28-25-,29-26-,36-33-,45-42-/t64-/m1/s1. The SMILES string of the molecule is CCCCC/C=C\C/C=C\C/C=C\C/C=C\CCCCCC(=O)OC[C@@H](COC(=O)CCCCCCCCCCCCCCCCCCC)OC(=O)CCCCCCCCCCC/C=C\CCCCCCCC. The number of hydrogen-bond acceptors (Lipinski definition) is 6. The number of allylic oxidation sites excluding steroid dienone is 10. The molecule has 6 nitrogen and oxygen atoms in total. The zero-order valence-corrected chi connectivity index (χ0v) is 48.7. The Morgan fingerprint density at radius 1 is 0.274 bits per heavy atom. The van der Waals surface area contributed by atoms with Crippen molar-refractivity contribution in [1.82, 2.24) is 0 Å². The molecule has 0 spiro atoms. The fourth-order valence-electron chi connectivity index (χ4n) is 9.19. The molecule has 0 bridgehead atoms. The molecule has 73 heavy (non-hydrogen) atoms. The minimum atomic E-state index is -0.788. The minimum absolute atomic E-state index is 0.0820. The van der Waals surface area contributed by atoms with Crippen LogP contribution >= 0.6 is 0 Å². The maximum absolute atomic E-state index is 12.9. The van der Waals surface area contributed by atoms with E-state index in [1.54, 1.807) is 0 Å². The second kappa shape index (κ2) is 61.7. The molecule has 0 aliphatic heterocycles. The summed E-state index contributed by atoms with van der Waals surface area (Å²) in [4.78, 5) is 38.3. The van der Waals surface area contributed by atoms with Crippen LogP contribution in [0.3, 0.4) is 0 Å². The van der Waals surface area contributed by atoms with Gasteiger partial charge >= 0.3 is 17.9 Å². The molecule has 6 heteroatoms. The first-order valence-electron chi connectivity index (χ1n) is 31.8. The molecular formula is C67H120O6. The van der Waals surface area contributed by atoms with E-state index in [1.165, 1.54) is 205 Å². The van der Waals surface area contributed by atoms with Gasteiger partial charge in [0, 0.05) is 19.3 Å². The van der Waals surface area contributed by atoms with E-state index in [2.05, 4.69) is 81.5 Å². The highest BCUT2D eigenvalue weighted by molar-refractivity contribution is 5.71. The molecule has 0 saturated carbocycles. The van der Waals surface area contributed by atoms with Crippen LogP contribution in [0.1, 0.15) is 329 Å². The molecule has 0 rings (SSSR count). The third-order valence-electron chi connectivity index (χ3n) is 14.0. The van der Waals surface area contributed by atoms with Crippen LogP contribution in [-0.4, -0.2) is 37.2 Å². The Morgan fingerprint density at radius 2 is 0.493 bits per heavy atom. The zero-order valence-electron chi connectivity index (χ0n) is 48.7. The lowest BCUT2D eigenvalue weighted by Gasteiger charge is -2.18. The van der Waals surface area contributed by atoms with Crippen molar-refractivity contribution in [2.75, 3.05) is 13.2 Å². The van der Waals surface area contributed by atoms with Gasteiger partial charge in [-0.05, 0) is 89.9 Å². The molecule has 0 amide bonds. The maximum Gasteiger partial charge on any atom is 0.306 e. The van der Waals surface area contributed by atoms with Crippen LogP contribution in [0, 0.1) is 0 Å². The number of carbonyl (C=O) groups is 3. The first kappa shape index (κ1) is 70.1. The number of ether oxygens (including phenoxy) is 3. The van der Waals surface area contributed by atoms with Gasteiger partial charge in [0.1, 0.15) is 13.2 Å². The summed E-state index contributed by atoms with van der Waals surface area (Å²) in [5.74, 6) is -0.898. The topological polar surface area (TPSA) is 78.9 Å². The van der Waals surface area contributed by atoms with Crippen molar-refractivity contribution in [1.29, 1.82) is 0 Å². The van der Waals surface area contributed by atoms with Gasteiger partial charge in [0.25, 0.3) is 0 Å². The van der Waals surface area contributed by atoms with Gasteiger partial charge in [0.15, 0.2) is 6.10 Å². The minimum Gasteiger partial charge on any atom is -0.462 e. The Kier molecular flexibility index (Phi) is 59.2. The molecule has 424 valence electrons. The summed E-state index contributed by atoms with van der Waals surface area (Å²) in [5.41, 5.74) is 0. The van der Waals surface area contributed by atoms with Gasteiger partial charge in [-0.25, -0.2) is 0 Å². The number of hydrogen-bond donors (Lipinski definition) is 0. The molecule has 0 aromatic heterocycles. The second-order valence-corrected chi connectivity index (χ2v) is 21.3. The summed E-state index contributed by atoms with van der Waals surface area (Å²) in [6.07, 6.45) is 77.9. The fraction of sp³-hybridized carbons (Fsp3) is 0.806. The van der Waals surface area contributed by atoms with E-state index in [9.17, 15) is 14.4 Å². The lowest BCUT2D eigenvalue weighted by Crippen LogP contribution is -2.30. The summed E-state index contributed by atoms with van der Waals surface area (Å²) in [7, 11) is 0. The van der Waals surface area contributed by atoms with E-state index in [0.717, 1.165) is 83.5 Å². The molecule has 0 radical (unpaired) electrons. The van der Waals surface area contributed by atoms with Gasteiger partial charge in [-0.15, -0.1) is 0 Å². The van der Waals surface area contributed by atoms with E-state index in [-0.39, 0.29) is 31.1 Å². The van der Waals surface area contributed by atoms with Crippen LogP contribution in [0.25, 0.3) is 0 Å². The predicted molar refractivity (Wildman–Crippen MR) is 316 cm³/mol. The van der Waals surface area contributed by atoms with Crippen molar-refractivity contribution in [2.45, 2.75) is 335 Å². The third-order valence-corrected chi connectivity index (χ3v) is 14.0. The molecule has 0 fully saturated rings. The molecule has 0 heterocycles. The van der Waals surface area contributed by atoms with Crippen LogP contribution < -0.4 is 0 Å².